The van der Waals surface area contributed by atoms with Gasteiger partial charge in [0.2, 0.25) is 0 Å². The number of nitrogens with zero attached hydrogens (tertiary/aromatic N) is 3. The lowest BCUT2D eigenvalue weighted by atomic mass is 10.2. The van der Waals surface area contributed by atoms with Gasteiger partial charge < -0.3 is 5.11 Å². The third kappa shape index (κ3) is 2.25. The molecule has 3 aromatic rings. The first-order valence-electron chi connectivity index (χ1n) is 5.99. The van der Waals surface area contributed by atoms with Gasteiger partial charge in [-0.1, -0.05) is 0 Å². The van der Waals surface area contributed by atoms with Crippen LogP contribution in [-0.2, 0) is 0 Å². The number of fused-ring (bicyclic) bond motifs is 1. The van der Waals surface area contributed by atoms with Gasteiger partial charge in [-0.25, -0.2) is 19.7 Å². The summed E-state index contributed by atoms with van der Waals surface area (Å²) < 4.78 is 1.09. The molecule has 0 saturated carbocycles. The molecule has 0 amide bonds. The second-order valence-corrected chi connectivity index (χ2v) is 5.67. The molecule has 0 aliphatic heterocycles. The van der Waals surface area contributed by atoms with Crippen LogP contribution in [0.1, 0.15) is 21.2 Å². The van der Waals surface area contributed by atoms with E-state index in [1.165, 1.54) is 6.07 Å². The zero-order valence-corrected chi connectivity index (χ0v) is 11.7. The Hall–Kier alpha value is -2.34. The summed E-state index contributed by atoms with van der Waals surface area (Å²) in [5.74, 6) is -0.641. The van der Waals surface area contributed by atoms with Gasteiger partial charge in [-0.05, 0) is 38.1 Å². The molecule has 6 heteroatoms. The van der Waals surface area contributed by atoms with E-state index in [2.05, 4.69) is 15.0 Å². The minimum atomic E-state index is -1.05. The fourth-order valence-corrected chi connectivity index (χ4v) is 2.80. The second kappa shape index (κ2) is 4.64. The smallest absolute Gasteiger partial charge is 0.354 e. The zero-order chi connectivity index (χ0) is 14.3. The molecule has 0 atom stereocenters. The van der Waals surface area contributed by atoms with Gasteiger partial charge in [0.25, 0.3) is 0 Å². The molecule has 2 heterocycles. The molecule has 100 valence electrons. The summed E-state index contributed by atoms with van der Waals surface area (Å²) >= 11 is 1.62. The molecule has 0 unspecified atom stereocenters. The van der Waals surface area contributed by atoms with Crippen molar-refractivity contribution >= 4 is 27.5 Å². The summed E-state index contributed by atoms with van der Waals surface area (Å²) in [4.78, 5) is 23.9. The third-order valence-electron chi connectivity index (χ3n) is 2.83. The van der Waals surface area contributed by atoms with Crippen LogP contribution in [0.25, 0.3) is 21.6 Å². The Morgan fingerprint density at radius 3 is 2.70 bits per heavy atom. The van der Waals surface area contributed by atoms with Crippen molar-refractivity contribution in [3.63, 3.8) is 0 Å². The van der Waals surface area contributed by atoms with E-state index in [1.54, 1.807) is 18.3 Å². The lowest BCUT2D eigenvalue weighted by Gasteiger charge is -2.03. The van der Waals surface area contributed by atoms with E-state index in [0.717, 1.165) is 20.8 Å². The van der Waals surface area contributed by atoms with Crippen molar-refractivity contribution in [3.05, 3.63) is 40.7 Å². The Morgan fingerprint density at radius 2 is 1.95 bits per heavy atom. The van der Waals surface area contributed by atoms with Crippen molar-refractivity contribution in [3.8, 4) is 11.4 Å². The minimum Gasteiger partial charge on any atom is -0.477 e. The number of hydrogen-bond acceptors (Lipinski definition) is 5. The van der Waals surface area contributed by atoms with Gasteiger partial charge >= 0.3 is 5.97 Å². The summed E-state index contributed by atoms with van der Waals surface area (Å²) in [6.45, 7) is 3.71. The number of rotatable bonds is 2. The van der Waals surface area contributed by atoms with Crippen LogP contribution >= 0.6 is 11.3 Å². The first kappa shape index (κ1) is 12.7. The number of aryl methyl sites for hydroxylation is 2. The van der Waals surface area contributed by atoms with Crippen molar-refractivity contribution < 1.29 is 9.90 Å². The minimum absolute atomic E-state index is 0.00190. The van der Waals surface area contributed by atoms with Crippen LogP contribution in [0.15, 0.2) is 24.3 Å². The van der Waals surface area contributed by atoms with Crippen LogP contribution in [0.5, 0.6) is 0 Å². The number of thiazole rings is 1. The van der Waals surface area contributed by atoms with Crippen molar-refractivity contribution in [2.75, 3.05) is 0 Å². The lowest BCUT2D eigenvalue weighted by Crippen LogP contribution is -2.04. The Labute approximate surface area is 119 Å². The third-order valence-corrected chi connectivity index (χ3v) is 3.78. The van der Waals surface area contributed by atoms with E-state index >= 15 is 0 Å². The highest BCUT2D eigenvalue weighted by atomic mass is 32.1. The molecule has 0 saturated heterocycles. The van der Waals surface area contributed by atoms with Crippen LogP contribution in [0.3, 0.4) is 0 Å². The number of hydrogen-bond donors (Lipinski definition) is 1. The summed E-state index contributed by atoms with van der Waals surface area (Å²) in [7, 11) is 0. The van der Waals surface area contributed by atoms with E-state index in [9.17, 15) is 4.79 Å². The van der Waals surface area contributed by atoms with Crippen LogP contribution in [0.2, 0.25) is 0 Å². The van der Waals surface area contributed by atoms with Crippen LogP contribution in [0, 0.1) is 13.8 Å². The standard InChI is InChI=1S/C14H11N3O2S/c1-7-5-11(14(18)19)17-13(15-7)9-3-4-12-10(6-9)16-8(2)20-12/h3-6H,1-2H3,(H,18,19). The molecule has 0 aliphatic carbocycles. The largest absolute Gasteiger partial charge is 0.477 e. The lowest BCUT2D eigenvalue weighted by molar-refractivity contribution is 0.0690. The van der Waals surface area contributed by atoms with Gasteiger partial charge in [0.15, 0.2) is 11.5 Å². The van der Waals surface area contributed by atoms with Gasteiger partial charge in [0, 0.05) is 11.3 Å². The second-order valence-electron chi connectivity index (χ2n) is 4.44. The van der Waals surface area contributed by atoms with Crippen molar-refractivity contribution in [1.82, 2.24) is 15.0 Å². The van der Waals surface area contributed by atoms with Crippen LogP contribution < -0.4 is 0 Å². The predicted octanol–water partition coefficient (Wildman–Crippen LogP) is 3.07. The molecule has 0 aliphatic rings. The molecule has 1 N–H and O–H groups in total. The number of aromatic carboxylic acids is 1. The Balaban J connectivity index is 2.16. The molecule has 0 spiro atoms. The van der Waals surface area contributed by atoms with E-state index in [0.29, 0.717) is 11.5 Å². The monoisotopic (exact) mass is 285 g/mol. The summed E-state index contributed by atoms with van der Waals surface area (Å²) in [6.07, 6.45) is 0. The Bertz CT molecular complexity index is 826. The fraction of sp³-hybridized carbons (Fsp3) is 0.143. The maximum Gasteiger partial charge on any atom is 0.354 e. The van der Waals surface area contributed by atoms with E-state index in [1.807, 2.05) is 25.1 Å². The highest BCUT2D eigenvalue weighted by Gasteiger charge is 2.11. The zero-order valence-electron chi connectivity index (χ0n) is 10.9. The molecule has 2 aromatic heterocycles. The van der Waals surface area contributed by atoms with Gasteiger partial charge in [-0.3, -0.25) is 0 Å². The molecule has 0 fully saturated rings. The maximum atomic E-state index is 11.1. The number of aromatic nitrogens is 3. The molecule has 3 rings (SSSR count). The van der Waals surface area contributed by atoms with Crippen LogP contribution in [0.4, 0.5) is 0 Å². The highest BCUT2D eigenvalue weighted by Crippen LogP contribution is 2.26. The fourth-order valence-electron chi connectivity index (χ4n) is 1.99. The predicted molar refractivity (Wildman–Crippen MR) is 77.1 cm³/mol. The summed E-state index contributed by atoms with van der Waals surface area (Å²) in [6, 6.07) is 7.19. The quantitative estimate of drug-likeness (QED) is 0.783. The van der Waals surface area contributed by atoms with Gasteiger partial charge in [-0.2, -0.15) is 0 Å². The first-order chi connectivity index (χ1) is 9.52. The molecule has 20 heavy (non-hydrogen) atoms. The SMILES string of the molecule is Cc1cc(C(=O)O)nc(-c2ccc3sc(C)nc3c2)n1. The summed E-state index contributed by atoms with van der Waals surface area (Å²) in [5, 5.41) is 10.0. The average molecular weight is 285 g/mol. The molecule has 0 radical (unpaired) electrons. The normalized spacial score (nSPS) is 10.9. The maximum absolute atomic E-state index is 11.1. The molecular weight excluding hydrogens is 274 g/mol. The number of benzene rings is 1. The number of carboxylic acid groups (broad SMARTS) is 1. The van der Waals surface area contributed by atoms with E-state index in [-0.39, 0.29) is 5.69 Å². The van der Waals surface area contributed by atoms with Crippen LogP contribution in [-0.4, -0.2) is 26.0 Å². The first-order valence-corrected chi connectivity index (χ1v) is 6.81. The van der Waals surface area contributed by atoms with Gasteiger partial charge in [0.05, 0.1) is 15.2 Å². The van der Waals surface area contributed by atoms with Gasteiger partial charge in [0.1, 0.15) is 0 Å². The van der Waals surface area contributed by atoms with Crippen molar-refractivity contribution in [1.29, 1.82) is 0 Å². The molecular formula is C14H11N3O2S. The van der Waals surface area contributed by atoms with Crippen molar-refractivity contribution in [2.45, 2.75) is 13.8 Å². The van der Waals surface area contributed by atoms with Crippen molar-refractivity contribution in [2.24, 2.45) is 0 Å². The van der Waals surface area contributed by atoms with Gasteiger partial charge in [-0.15, -0.1) is 11.3 Å². The molecule has 1 aromatic carbocycles. The number of carboxylic acids is 1. The Kier molecular flexibility index (Phi) is 2.94. The average Bonchev–Trinajstić information content (AvgIpc) is 2.76. The molecule has 5 nitrogen and oxygen atoms in total. The summed E-state index contributed by atoms with van der Waals surface area (Å²) in [5.41, 5.74) is 2.28. The Morgan fingerprint density at radius 1 is 1.15 bits per heavy atom. The van der Waals surface area contributed by atoms with E-state index < -0.39 is 5.97 Å². The topological polar surface area (TPSA) is 76.0 Å². The highest BCUT2D eigenvalue weighted by molar-refractivity contribution is 7.18. The number of carbonyl (C=O) groups is 1. The molecule has 0 bridgehead atoms. The van der Waals surface area contributed by atoms with E-state index in [4.69, 9.17) is 5.11 Å².